The summed E-state index contributed by atoms with van der Waals surface area (Å²) in [7, 11) is 0. The van der Waals surface area contributed by atoms with Gasteiger partial charge in [-0.05, 0) is 67.9 Å². The lowest BCUT2D eigenvalue weighted by molar-refractivity contribution is 0.156. The predicted molar refractivity (Wildman–Crippen MR) is 71.9 cm³/mol. The van der Waals surface area contributed by atoms with Crippen LogP contribution in [0.5, 0.6) is 0 Å². The minimum absolute atomic E-state index is 0.0725. The molecule has 1 aromatic heterocycles. The van der Waals surface area contributed by atoms with Gasteiger partial charge >= 0.3 is 0 Å². The van der Waals surface area contributed by atoms with Crippen molar-refractivity contribution < 1.29 is 0 Å². The van der Waals surface area contributed by atoms with Gasteiger partial charge in [-0.2, -0.15) is 0 Å². The van der Waals surface area contributed by atoms with E-state index >= 15 is 0 Å². The van der Waals surface area contributed by atoms with Crippen LogP contribution in [-0.2, 0) is 5.54 Å². The van der Waals surface area contributed by atoms with Crippen molar-refractivity contribution in [2.24, 2.45) is 29.4 Å². The van der Waals surface area contributed by atoms with Gasteiger partial charge in [0.25, 0.3) is 0 Å². The highest BCUT2D eigenvalue weighted by molar-refractivity contribution is 5.28. The zero-order chi connectivity index (χ0) is 12.3. The molecule has 3 saturated carbocycles. The van der Waals surface area contributed by atoms with Crippen molar-refractivity contribution in [3.63, 3.8) is 0 Å². The zero-order valence-electron chi connectivity index (χ0n) is 11.1. The van der Waals surface area contributed by atoms with E-state index in [0.717, 1.165) is 29.4 Å². The molecule has 0 aliphatic heterocycles. The fourth-order valence-corrected chi connectivity index (χ4v) is 5.27. The largest absolute Gasteiger partial charge is 0.321 e. The molecular formula is C16H22N2. The maximum atomic E-state index is 6.83. The highest BCUT2D eigenvalue weighted by Gasteiger charge is 2.59. The smallest absolute Gasteiger partial charge is 0.0459 e. The number of fused-ring (bicyclic) bond motifs is 5. The van der Waals surface area contributed by atoms with Crippen molar-refractivity contribution in [1.29, 1.82) is 0 Å². The Hall–Kier alpha value is -0.890. The number of hydrogen-bond donors (Lipinski definition) is 1. The summed E-state index contributed by atoms with van der Waals surface area (Å²) in [4.78, 5) is 4.46. The molecule has 2 nitrogen and oxygen atoms in total. The van der Waals surface area contributed by atoms with Gasteiger partial charge in [-0.1, -0.05) is 12.5 Å². The highest BCUT2D eigenvalue weighted by atomic mass is 14.8. The Kier molecular flexibility index (Phi) is 2.18. The molecule has 2 N–H and O–H groups in total. The number of rotatable bonds is 1. The second-order valence-corrected chi connectivity index (χ2v) is 6.79. The van der Waals surface area contributed by atoms with Crippen LogP contribution in [0.4, 0.5) is 0 Å². The summed E-state index contributed by atoms with van der Waals surface area (Å²) in [5.74, 6) is 3.54. The van der Waals surface area contributed by atoms with Crippen LogP contribution in [0.25, 0.3) is 0 Å². The normalized spacial score (nSPS) is 45.4. The zero-order valence-corrected chi connectivity index (χ0v) is 11.1. The number of aryl methyl sites for hydroxylation is 1. The number of nitrogens with zero attached hydrogens (tertiary/aromatic N) is 1. The summed E-state index contributed by atoms with van der Waals surface area (Å²) < 4.78 is 0. The fourth-order valence-electron chi connectivity index (χ4n) is 5.27. The lowest BCUT2D eigenvalue weighted by Crippen LogP contribution is -2.46. The molecule has 1 heterocycles. The first-order valence-electron chi connectivity index (χ1n) is 7.40. The molecule has 5 unspecified atom stereocenters. The van der Waals surface area contributed by atoms with Crippen LogP contribution in [0.15, 0.2) is 18.3 Å². The first-order chi connectivity index (χ1) is 8.68. The van der Waals surface area contributed by atoms with E-state index in [-0.39, 0.29) is 5.54 Å². The molecule has 5 atom stereocenters. The van der Waals surface area contributed by atoms with Gasteiger partial charge in [0, 0.05) is 17.4 Å². The summed E-state index contributed by atoms with van der Waals surface area (Å²) in [5.41, 5.74) is 9.13. The fraction of sp³-hybridized carbons (Fsp3) is 0.688. The van der Waals surface area contributed by atoms with Crippen molar-refractivity contribution in [1.82, 2.24) is 4.98 Å². The Morgan fingerprint density at radius 1 is 1.28 bits per heavy atom. The van der Waals surface area contributed by atoms with E-state index in [1.54, 1.807) is 0 Å². The van der Waals surface area contributed by atoms with Crippen LogP contribution in [0.3, 0.4) is 0 Å². The van der Waals surface area contributed by atoms with Crippen LogP contribution in [0.2, 0.25) is 0 Å². The topological polar surface area (TPSA) is 38.9 Å². The lowest BCUT2D eigenvalue weighted by Gasteiger charge is -2.40. The van der Waals surface area contributed by atoms with E-state index < -0.39 is 0 Å². The third-order valence-electron chi connectivity index (χ3n) is 6.01. The van der Waals surface area contributed by atoms with E-state index in [0.29, 0.717) is 0 Å². The molecule has 3 fully saturated rings. The molecule has 0 radical (unpaired) electrons. The molecule has 2 heteroatoms. The van der Waals surface area contributed by atoms with Crippen LogP contribution >= 0.6 is 0 Å². The van der Waals surface area contributed by atoms with Crippen LogP contribution in [-0.4, -0.2) is 4.98 Å². The standard InChI is InChI=1S/C16H22N2/c1-10-5-6-12(9-18-10)16(17)8-11-7-15(16)14-4-2-3-13(11)14/h5-6,9,11,13-15H,2-4,7-8,17H2,1H3. The molecule has 0 aromatic carbocycles. The minimum atomic E-state index is -0.0725. The molecule has 3 aliphatic rings. The van der Waals surface area contributed by atoms with Gasteiger partial charge in [0.15, 0.2) is 0 Å². The molecule has 4 rings (SSSR count). The van der Waals surface area contributed by atoms with Gasteiger partial charge in [0.2, 0.25) is 0 Å². The third kappa shape index (κ3) is 1.30. The minimum Gasteiger partial charge on any atom is -0.321 e. The monoisotopic (exact) mass is 242 g/mol. The molecule has 18 heavy (non-hydrogen) atoms. The Balaban J connectivity index is 1.71. The second kappa shape index (κ2) is 3.57. The van der Waals surface area contributed by atoms with Gasteiger partial charge in [0.1, 0.15) is 0 Å². The molecule has 2 bridgehead atoms. The van der Waals surface area contributed by atoms with Crippen molar-refractivity contribution in [3.05, 3.63) is 29.6 Å². The van der Waals surface area contributed by atoms with E-state index in [2.05, 4.69) is 17.1 Å². The van der Waals surface area contributed by atoms with E-state index in [1.807, 2.05) is 13.1 Å². The Morgan fingerprint density at radius 3 is 2.89 bits per heavy atom. The Bertz CT molecular complexity index is 466. The van der Waals surface area contributed by atoms with Crippen molar-refractivity contribution in [3.8, 4) is 0 Å². The van der Waals surface area contributed by atoms with Crippen molar-refractivity contribution in [2.45, 2.75) is 44.6 Å². The Labute approximate surface area is 109 Å². The van der Waals surface area contributed by atoms with Gasteiger partial charge in [-0.15, -0.1) is 0 Å². The first kappa shape index (κ1) is 11.0. The predicted octanol–water partition coefficient (Wildman–Crippen LogP) is 3.00. The summed E-state index contributed by atoms with van der Waals surface area (Å²) >= 11 is 0. The van der Waals surface area contributed by atoms with Crippen molar-refractivity contribution >= 4 is 0 Å². The molecule has 3 aliphatic carbocycles. The molecule has 0 spiro atoms. The van der Waals surface area contributed by atoms with Crippen LogP contribution in [0.1, 0.15) is 43.4 Å². The van der Waals surface area contributed by atoms with E-state index in [4.69, 9.17) is 5.73 Å². The Morgan fingerprint density at radius 2 is 2.11 bits per heavy atom. The number of hydrogen-bond acceptors (Lipinski definition) is 2. The maximum absolute atomic E-state index is 6.83. The van der Waals surface area contributed by atoms with E-state index in [1.165, 1.54) is 37.7 Å². The summed E-state index contributed by atoms with van der Waals surface area (Å²) in [5, 5.41) is 0. The van der Waals surface area contributed by atoms with Crippen LogP contribution < -0.4 is 5.73 Å². The van der Waals surface area contributed by atoms with Gasteiger partial charge in [0.05, 0.1) is 0 Å². The summed E-state index contributed by atoms with van der Waals surface area (Å²) in [6.07, 6.45) is 8.92. The average Bonchev–Trinajstić information content (AvgIpc) is 3.00. The van der Waals surface area contributed by atoms with E-state index in [9.17, 15) is 0 Å². The third-order valence-corrected chi connectivity index (χ3v) is 6.01. The highest BCUT2D eigenvalue weighted by Crippen LogP contribution is 2.64. The molecule has 1 aromatic rings. The molecular weight excluding hydrogens is 220 g/mol. The van der Waals surface area contributed by atoms with Crippen molar-refractivity contribution in [2.75, 3.05) is 0 Å². The molecule has 0 saturated heterocycles. The maximum Gasteiger partial charge on any atom is 0.0459 e. The summed E-state index contributed by atoms with van der Waals surface area (Å²) in [6.45, 7) is 2.04. The molecule has 0 amide bonds. The SMILES string of the molecule is Cc1ccc(C2(N)CC3CC2C2CCCC32)cn1. The van der Waals surface area contributed by atoms with Crippen LogP contribution in [0, 0.1) is 30.6 Å². The summed E-state index contributed by atoms with van der Waals surface area (Å²) in [6, 6.07) is 4.33. The number of pyridine rings is 1. The second-order valence-electron chi connectivity index (χ2n) is 6.79. The number of nitrogens with two attached hydrogens (primary N) is 1. The average molecular weight is 242 g/mol. The van der Waals surface area contributed by atoms with Gasteiger partial charge in [-0.25, -0.2) is 0 Å². The quantitative estimate of drug-likeness (QED) is 0.822. The first-order valence-corrected chi connectivity index (χ1v) is 7.40. The molecule has 96 valence electrons. The van der Waals surface area contributed by atoms with Gasteiger partial charge < -0.3 is 5.73 Å². The lowest BCUT2D eigenvalue weighted by atomic mass is 9.69. The van der Waals surface area contributed by atoms with Gasteiger partial charge in [-0.3, -0.25) is 4.98 Å². The number of aromatic nitrogens is 1.